The van der Waals surface area contributed by atoms with Gasteiger partial charge in [0, 0.05) is 18.8 Å². The SMILES string of the molecule is CCn1cc2nc(SCC(=O)Nc3ccc(OC(F)F)c(Cl)c3)n(CC)c(=O)c2n1. The number of benzene rings is 1. The first-order chi connectivity index (χ1) is 14.3. The summed E-state index contributed by atoms with van der Waals surface area (Å²) in [5.41, 5.74) is 0.816. The number of alkyl halides is 2. The molecule has 8 nitrogen and oxygen atoms in total. The van der Waals surface area contributed by atoms with E-state index in [1.54, 1.807) is 17.8 Å². The van der Waals surface area contributed by atoms with Crippen LogP contribution in [0.4, 0.5) is 14.5 Å². The second-order valence-electron chi connectivity index (χ2n) is 6.02. The van der Waals surface area contributed by atoms with Crippen LogP contribution in [0, 0.1) is 0 Å². The maximum atomic E-state index is 12.6. The predicted molar refractivity (Wildman–Crippen MR) is 111 cm³/mol. The van der Waals surface area contributed by atoms with Crippen molar-refractivity contribution in [3.63, 3.8) is 0 Å². The zero-order valence-corrected chi connectivity index (χ0v) is 17.6. The average Bonchev–Trinajstić information content (AvgIpc) is 3.12. The minimum absolute atomic E-state index is 0.0211. The van der Waals surface area contributed by atoms with Crippen LogP contribution in [0.3, 0.4) is 0 Å². The van der Waals surface area contributed by atoms with E-state index >= 15 is 0 Å². The number of carbonyl (C=O) groups is 1. The lowest BCUT2D eigenvalue weighted by Crippen LogP contribution is -2.23. The van der Waals surface area contributed by atoms with Gasteiger partial charge in [-0.15, -0.1) is 0 Å². The Kier molecular flexibility index (Phi) is 6.93. The highest BCUT2D eigenvalue weighted by atomic mass is 35.5. The highest BCUT2D eigenvalue weighted by molar-refractivity contribution is 7.99. The molecule has 0 saturated carbocycles. The standard InChI is InChI=1S/C18H18ClF2N5O3S/c1-3-25-8-12-15(24-25)16(28)26(4-2)18(23-12)30-9-14(27)22-10-5-6-13(11(19)7-10)29-17(20)21/h5-8,17H,3-4,9H2,1-2H3,(H,22,27). The third-order valence-corrected chi connectivity index (χ3v) is 5.31. The maximum Gasteiger partial charge on any atom is 0.387 e. The summed E-state index contributed by atoms with van der Waals surface area (Å²) in [5, 5.41) is 7.19. The third kappa shape index (κ3) is 4.90. The molecule has 1 aromatic carbocycles. The monoisotopic (exact) mass is 457 g/mol. The average molecular weight is 458 g/mol. The molecule has 0 unspecified atom stereocenters. The quantitative estimate of drug-likeness (QED) is 0.410. The molecule has 160 valence electrons. The van der Waals surface area contributed by atoms with E-state index in [4.69, 9.17) is 11.6 Å². The summed E-state index contributed by atoms with van der Waals surface area (Å²) < 4.78 is 31.9. The number of anilines is 1. The summed E-state index contributed by atoms with van der Waals surface area (Å²) in [4.78, 5) is 29.4. The van der Waals surface area contributed by atoms with Crippen molar-refractivity contribution in [2.45, 2.75) is 38.7 Å². The summed E-state index contributed by atoms with van der Waals surface area (Å²) in [6, 6.07) is 3.96. The lowest BCUT2D eigenvalue weighted by molar-refractivity contribution is -0.113. The Balaban J connectivity index is 1.72. The number of halogens is 3. The second-order valence-corrected chi connectivity index (χ2v) is 7.37. The van der Waals surface area contributed by atoms with Crippen molar-refractivity contribution in [1.82, 2.24) is 19.3 Å². The Labute approximate surface area is 179 Å². The molecule has 2 heterocycles. The number of rotatable bonds is 8. The molecule has 3 aromatic rings. The molecular weight excluding hydrogens is 440 g/mol. The summed E-state index contributed by atoms with van der Waals surface area (Å²) >= 11 is 6.99. The van der Waals surface area contributed by atoms with E-state index in [2.05, 4.69) is 20.1 Å². The summed E-state index contributed by atoms with van der Waals surface area (Å²) in [7, 11) is 0. The Morgan fingerprint density at radius 2 is 2.10 bits per heavy atom. The second kappa shape index (κ2) is 9.43. The first-order valence-corrected chi connectivity index (χ1v) is 10.3. The molecule has 0 bridgehead atoms. The van der Waals surface area contributed by atoms with Crippen LogP contribution in [0.25, 0.3) is 11.0 Å². The van der Waals surface area contributed by atoms with Crippen LogP contribution >= 0.6 is 23.4 Å². The van der Waals surface area contributed by atoms with Crippen LogP contribution in [0.2, 0.25) is 5.02 Å². The highest BCUT2D eigenvalue weighted by Gasteiger charge is 2.16. The molecule has 0 saturated heterocycles. The van der Waals surface area contributed by atoms with Gasteiger partial charge in [0.05, 0.1) is 17.0 Å². The van der Waals surface area contributed by atoms with Gasteiger partial charge in [0.15, 0.2) is 10.7 Å². The van der Waals surface area contributed by atoms with Gasteiger partial charge in [-0.2, -0.15) is 13.9 Å². The molecule has 3 rings (SSSR count). The Morgan fingerprint density at radius 3 is 2.73 bits per heavy atom. The summed E-state index contributed by atoms with van der Waals surface area (Å²) in [6.45, 7) is 1.70. The van der Waals surface area contributed by atoms with Gasteiger partial charge in [0.25, 0.3) is 5.56 Å². The minimum atomic E-state index is -3.00. The summed E-state index contributed by atoms with van der Waals surface area (Å²) in [6.07, 6.45) is 1.69. The van der Waals surface area contributed by atoms with E-state index in [0.29, 0.717) is 29.5 Å². The lowest BCUT2D eigenvalue weighted by atomic mass is 10.3. The Hall–Kier alpha value is -2.66. The fourth-order valence-corrected chi connectivity index (χ4v) is 3.76. The number of ether oxygens (including phenoxy) is 1. The van der Waals surface area contributed by atoms with Crippen LogP contribution in [-0.2, 0) is 17.9 Å². The van der Waals surface area contributed by atoms with E-state index in [9.17, 15) is 18.4 Å². The largest absolute Gasteiger partial charge is 0.433 e. The van der Waals surface area contributed by atoms with Gasteiger partial charge in [0.2, 0.25) is 5.91 Å². The highest BCUT2D eigenvalue weighted by Crippen LogP contribution is 2.29. The third-order valence-electron chi connectivity index (χ3n) is 4.04. The zero-order valence-electron chi connectivity index (χ0n) is 16.1. The topological polar surface area (TPSA) is 91.0 Å². The van der Waals surface area contributed by atoms with E-state index in [1.165, 1.54) is 22.8 Å². The van der Waals surface area contributed by atoms with Crippen LogP contribution in [0.1, 0.15) is 13.8 Å². The van der Waals surface area contributed by atoms with Crippen molar-refractivity contribution >= 4 is 46.0 Å². The fraction of sp³-hybridized carbons (Fsp3) is 0.333. The van der Waals surface area contributed by atoms with Crippen molar-refractivity contribution < 1.29 is 18.3 Å². The number of nitrogens with zero attached hydrogens (tertiary/aromatic N) is 4. The van der Waals surface area contributed by atoms with Crippen molar-refractivity contribution in [1.29, 1.82) is 0 Å². The van der Waals surface area contributed by atoms with E-state index in [-0.39, 0.29) is 33.5 Å². The zero-order chi connectivity index (χ0) is 21.8. The van der Waals surface area contributed by atoms with Crippen molar-refractivity contribution in [2.24, 2.45) is 0 Å². The molecule has 1 amide bonds. The van der Waals surface area contributed by atoms with Gasteiger partial charge in [-0.1, -0.05) is 23.4 Å². The number of nitrogens with one attached hydrogen (secondary N) is 1. The van der Waals surface area contributed by atoms with E-state index in [0.717, 1.165) is 11.8 Å². The smallest absolute Gasteiger partial charge is 0.387 e. The van der Waals surface area contributed by atoms with Crippen LogP contribution in [0.15, 0.2) is 34.3 Å². The van der Waals surface area contributed by atoms with E-state index < -0.39 is 6.61 Å². The molecule has 0 radical (unpaired) electrons. The van der Waals surface area contributed by atoms with E-state index in [1.807, 2.05) is 6.92 Å². The molecule has 12 heteroatoms. The van der Waals surface area contributed by atoms with Crippen molar-refractivity contribution in [2.75, 3.05) is 11.1 Å². The molecule has 1 N–H and O–H groups in total. The number of hydrogen-bond donors (Lipinski definition) is 1. The Morgan fingerprint density at radius 1 is 1.33 bits per heavy atom. The number of aromatic nitrogens is 4. The fourth-order valence-electron chi connectivity index (χ4n) is 2.67. The predicted octanol–water partition coefficient (Wildman–Crippen LogP) is 3.62. The van der Waals surface area contributed by atoms with Crippen LogP contribution in [0.5, 0.6) is 5.75 Å². The molecule has 30 heavy (non-hydrogen) atoms. The van der Waals surface area contributed by atoms with Gasteiger partial charge < -0.3 is 10.1 Å². The maximum absolute atomic E-state index is 12.6. The van der Waals surface area contributed by atoms with Crippen LogP contribution in [-0.4, -0.2) is 37.6 Å². The molecule has 0 atom stereocenters. The van der Waals surface area contributed by atoms with Crippen LogP contribution < -0.4 is 15.6 Å². The molecule has 2 aromatic heterocycles. The number of amides is 1. The van der Waals surface area contributed by atoms with Gasteiger partial charge in [-0.05, 0) is 32.0 Å². The molecule has 0 aliphatic rings. The lowest BCUT2D eigenvalue weighted by Gasteiger charge is -2.11. The first kappa shape index (κ1) is 22.0. The molecular formula is C18H18ClF2N5O3S. The number of carbonyl (C=O) groups excluding carboxylic acids is 1. The van der Waals surface area contributed by atoms with Gasteiger partial charge in [-0.3, -0.25) is 18.8 Å². The van der Waals surface area contributed by atoms with Gasteiger partial charge >= 0.3 is 6.61 Å². The number of thioether (sulfide) groups is 1. The van der Waals surface area contributed by atoms with Crippen molar-refractivity contribution in [3.8, 4) is 5.75 Å². The first-order valence-electron chi connectivity index (χ1n) is 8.97. The number of fused-ring (bicyclic) bond motifs is 1. The molecule has 0 spiro atoms. The normalized spacial score (nSPS) is 11.3. The summed E-state index contributed by atoms with van der Waals surface area (Å²) in [5.74, 6) is -0.580. The molecule has 0 aliphatic carbocycles. The minimum Gasteiger partial charge on any atom is -0.433 e. The number of aryl methyl sites for hydroxylation is 1. The molecule has 0 aliphatic heterocycles. The number of hydrogen-bond acceptors (Lipinski definition) is 6. The van der Waals surface area contributed by atoms with Gasteiger partial charge in [0.1, 0.15) is 11.3 Å². The Bertz CT molecular complexity index is 1130. The van der Waals surface area contributed by atoms with Crippen molar-refractivity contribution in [3.05, 3.63) is 39.8 Å². The van der Waals surface area contributed by atoms with Gasteiger partial charge in [-0.25, -0.2) is 4.98 Å². The molecule has 0 fully saturated rings.